The molecule has 0 aliphatic carbocycles. The molecule has 0 radical (unpaired) electrons. The summed E-state index contributed by atoms with van der Waals surface area (Å²) < 4.78 is 18.7. The van der Waals surface area contributed by atoms with Crippen LogP contribution < -0.4 is 15.2 Å². The van der Waals surface area contributed by atoms with E-state index in [1.165, 1.54) is 0 Å². The number of rotatable bonds is 5. The monoisotopic (exact) mass is 358 g/mol. The van der Waals surface area contributed by atoms with Crippen molar-refractivity contribution in [2.24, 2.45) is 5.73 Å². The summed E-state index contributed by atoms with van der Waals surface area (Å²) in [6, 6.07) is 7.36. The third-order valence-electron chi connectivity index (χ3n) is 4.55. The second-order valence-electron chi connectivity index (χ2n) is 6.48. The summed E-state index contributed by atoms with van der Waals surface area (Å²) in [5.41, 5.74) is 10.2. The topological polar surface area (TPSA) is 75.7 Å². The largest absolute Gasteiger partial charge is 0.490 e. The van der Waals surface area contributed by atoms with Gasteiger partial charge in [0, 0.05) is 36.0 Å². The van der Waals surface area contributed by atoms with Gasteiger partial charge < -0.3 is 24.5 Å². The molecule has 0 bridgehead atoms. The van der Waals surface area contributed by atoms with E-state index in [2.05, 4.69) is 10.6 Å². The first-order chi connectivity index (χ1) is 12.5. The van der Waals surface area contributed by atoms with Gasteiger partial charge in [0.1, 0.15) is 6.04 Å². The molecule has 2 N–H and O–H groups in total. The molecular weight excluding hydrogens is 332 g/mol. The zero-order valence-corrected chi connectivity index (χ0v) is 15.6. The summed E-state index contributed by atoms with van der Waals surface area (Å²) in [7, 11) is 0. The molecule has 1 unspecified atom stereocenters. The molecule has 0 amide bonds. The van der Waals surface area contributed by atoms with E-state index in [1.807, 2.05) is 32.0 Å². The number of nitrogens with zero attached hydrogens (tertiary/aromatic N) is 1. The molecule has 1 atom stereocenters. The number of esters is 1. The molecule has 0 fully saturated rings. The normalized spacial score (nSPS) is 14.6. The first kappa shape index (κ1) is 18.3. The minimum absolute atomic E-state index is 0.336. The van der Waals surface area contributed by atoms with Crippen LogP contribution in [0, 0.1) is 13.8 Å². The van der Waals surface area contributed by atoms with Crippen LogP contribution >= 0.6 is 0 Å². The van der Waals surface area contributed by atoms with E-state index in [-0.39, 0.29) is 5.97 Å². The quantitative estimate of drug-likeness (QED) is 0.832. The zero-order chi connectivity index (χ0) is 18.7. The highest BCUT2D eigenvalue weighted by atomic mass is 16.5. The van der Waals surface area contributed by atoms with Crippen LogP contribution in [0.5, 0.6) is 11.5 Å². The molecule has 0 saturated heterocycles. The molecule has 1 aromatic heterocycles. The molecule has 3 rings (SSSR count). The second kappa shape index (κ2) is 7.83. The Labute approximate surface area is 153 Å². The van der Waals surface area contributed by atoms with Gasteiger partial charge in [-0.15, -0.1) is 0 Å². The Balaban J connectivity index is 1.88. The summed E-state index contributed by atoms with van der Waals surface area (Å²) >= 11 is 0. The first-order valence-corrected chi connectivity index (χ1v) is 9.01. The molecule has 2 heterocycles. The van der Waals surface area contributed by atoms with Crippen molar-refractivity contribution in [2.45, 2.75) is 39.7 Å². The van der Waals surface area contributed by atoms with Crippen LogP contribution in [0.3, 0.4) is 0 Å². The van der Waals surface area contributed by atoms with Crippen LogP contribution in [0.15, 0.2) is 24.3 Å². The second-order valence-corrected chi connectivity index (χ2v) is 6.48. The van der Waals surface area contributed by atoms with Gasteiger partial charge in [-0.25, -0.2) is 0 Å². The highest BCUT2D eigenvalue weighted by Gasteiger charge is 2.20. The van der Waals surface area contributed by atoms with Gasteiger partial charge in [-0.3, -0.25) is 4.79 Å². The average Bonchev–Trinajstić information content (AvgIpc) is 2.78. The van der Waals surface area contributed by atoms with E-state index in [0.29, 0.717) is 26.2 Å². The van der Waals surface area contributed by atoms with Crippen LogP contribution in [0.25, 0.3) is 5.69 Å². The molecule has 140 valence electrons. The number of hydrogen-bond donors (Lipinski definition) is 1. The van der Waals surface area contributed by atoms with Crippen molar-refractivity contribution < 1.29 is 19.0 Å². The third kappa shape index (κ3) is 3.70. The molecule has 6 nitrogen and oxygen atoms in total. The van der Waals surface area contributed by atoms with Gasteiger partial charge in [-0.1, -0.05) is 0 Å². The SMILES string of the molecule is CCOC(=O)C(N)Cc1cc(C)n(-c2ccc3c(c2)OCCCO3)c1C. The Bertz CT molecular complexity index is 797. The molecule has 0 saturated carbocycles. The molecule has 1 aromatic carbocycles. The summed E-state index contributed by atoms with van der Waals surface area (Å²) in [6.07, 6.45) is 1.32. The standard InChI is InChI=1S/C20H26N2O4/c1-4-24-20(23)17(21)11-15-10-13(2)22(14(15)3)16-6-7-18-19(12-16)26-9-5-8-25-18/h6-7,10,12,17H,4-5,8-9,11,21H2,1-3H3. The first-order valence-electron chi connectivity index (χ1n) is 9.01. The lowest BCUT2D eigenvalue weighted by Gasteiger charge is -2.14. The number of nitrogens with two attached hydrogens (primary N) is 1. The maximum absolute atomic E-state index is 11.8. The molecular formula is C20H26N2O4. The van der Waals surface area contributed by atoms with E-state index in [1.54, 1.807) is 6.92 Å². The molecule has 1 aliphatic rings. The average molecular weight is 358 g/mol. The number of carbonyl (C=O) groups is 1. The zero-order valence-electron chi connectivity index (χ0n) is 15.6. The predicted octanol–water partition coefficient (Wildman–Crippen LogP) is 2.69. The van der Waals surface area contributed by atoms with Gasteiger partial charge in [-0.2, -0.15) is 0 Å². The van der Waals surface area contributed by atoms with Gasteiger partial charge in [-0.05, 0) is 44.5 Å². The maximum Gasteiger partial charge on any atom is 0.323 e. The molecule has 6 heteroatoms. The van der Waals surface area contributed by atoms with E-state index in [0.717, 1.165) is 40.6 Å². The number of ether oxygens (including phenoxy) is 3. The minimum atomic E-state index is -0.660. The Hall–Kier alpha value is -2.47. The van der Waals surface area contributed by atoms with Gasteiger partial charge in [0.05, 0.1) is 19.8 Å². The fourth-order valence-electron chi connectivity index (χ4n) is 3.29. The Kier molecular flexibility index (Phi) is 5.52. The molecule has 1 aliphatic heterocycles. The molecule has 2 aromatic rings. The van der Waals surface area contributed by atoms with Crippen molar-refractivity contribution in [2.75, 3.05) is 19.8 Å². The van der Waals surface area contributed by atoms with Gasteiger partial charge in [0.25, 0.3) is 0 Å². The van der Waals surface area contributed by atoms with Gasteiger partial charge >= 0.3 is 5.97 Å². The highest BCUT2D eigenvalue weighted by molar-refractivity contribution is 5.76. The number of hydrogen-bond acceptors (Lipinski definition) is 5. The lowest BCUT2D eigenvalue weighted by Crippen LogP contribution is -2.34. The summed E-state index contributed by atoms with van der Waals surface area (Å²) in [5.74, 6) is 1.17. The van der Waals surface area contributed by atoms with E-state index in [4.69, 9.17) is 19.9 Å². The Morgan fingerprint density at radius 3 is 2.69 bits per heavy atom. The van der Waals surface area contributed by atoms with Crippen LogP contribution in [-0.2, 0) is 16.0 Å². The summed E-state index contributed by atoms with van der Waals surface area (Å²) in [6.45, 7) is 7.51. The van der Waals surface area contributed by atoms with Crippen molar-refractivity contribution in [1.29, 1.82) is 0 Å². The van der Waals surface area contributed by atoms with Gasteiger partial charge in [0.15, 0.2) is 11.5 Å². The minimum Gasteiger partial charge on any atom is -0.490 e. The maximum atomic E-state index is 11.8. The fraction of sp³-hybridized carbons (Fsp3) is 0.450. The smallest absolute Gasteiger partial charge is 0.323 e. The van der Waals surface area contributed by atoms with Crippen LogP contribution in [0.4, 0.5) is 0 Å². The number of fused-ring (bicyclic) bond motifs is 1. The number of carbonyl (C=O) groups excluding carboxylic acids is 1. The number of aryl methyl sites for hydroxylation is 1. The molecule has 0 spiro atoms. The van der Waals surface area contributed by atoms with Crippen molar-refractivity contribution >= 4 is 5.97 Å². The van der Waals surface area contributed by atoms with Crippen LogP contribution in [0.1, 0.15) is 30.3 Å². The summed E-state index contributed by atoms with van der Waals surface area (Å²) in [5, 5.41) is 0. The predicted molar refractivity (Wildman–Crippen MR) is 99.2 cm³/mol. The summed E-state index contributed by atoms with van der Waals surface area (Å²) in [4.78, 5) is 11.8. The van der Waals surface area contributed by atoms with Crippen molar-refractivity contribution in [1.82, 2.24) is 4.57 Å². The fourth-order valence-corrected chi connectivity index (χ4v) is 3.29. The third-order valence-corrected chi connectivity index (χ3v) is 4.55. The van der Waals surface area contributed by atoms with E-state index in [9.17, 15) is 4.79 Å². The van der Waals surface area contributed by atoms with E-state index >= 15 is 0 Å². The van der Waals surface area contributed by atoms with Crippen LogP contribution in [0.2, 0.25) is 0 Å². The van der Waals surface area contributed by atoms with Crippen LogP contribution in [-0.4, -0.2) is 36.4 Å². The number of aromatic nitrogens is 1. The Morgan fingerprint density at radius 1 is 1.23 bits per heavy atom. The van der Waals surface area contributed by atoms with Crippen molar-refractivity contribution in [3.8, 4) is 17.2 Å². The highest BCUT2D eigenvalue weighted by Crippen LogP contribution is 2.33. The Morgan fingerprint density at radius 2 is 1.96 bits per heavy atom. The lowest BCUT2D eigenvalue weighted by molar-refractivity contribution is -0.144. The van der Waals surface area contributed by atoms with Crippen molar-refractivity contribution in [3.63, 3.8) is 0 Å². The van der Waals surface area contributed by atoms with E-state index < -0.39 is 6.04 Å². The molecule has 26 heavy (non-hydrogen) atoms. The number of benzene rings is 1. The van der Waals surface area contributed by atoms with Gasteiger partial charge in [0.2, 0.25) is 0 Å². The lowest BCUT2D eigenvalue weighted by atomic mass is 10.1. The van der Waals surface area contributed by atoms with Crippen molar-refractivity contribution in [3.05, 3.63) is 41.2 Å².